The molecular formula is C22H29N5O3. The lowest BCUT2D eigenvalue weighted by molar-refractivity contribution is -0.127. The van der Waals surface area contributed by atoms with Crippen molar-refractivity contribution in [2.45, 2.75) is 25.8 Å². The van der Waals surface area contributed by atoms with E-state index in [9.17, 15) is 9.59 Å². The summed E-state index contributed by atoms with van der Waals surface area (Å²) in [4.78, 5) is 36.0. The van der Waals surface area contributed by atoms with Gasteiger partial charge in [0.1, 0.15) is 5.69 Å². The van der Waals surface area contributed by atoms with Crippen LogP contribution in [0.2, 0.25) is 0 Å². The number of aromatic nitrogens is 2. The maximum absolute atomic E-state index is 12.7. The molecule has 8 heteroatoms. The number of nitrogens with one attached hydrogen (secondary N) is 1. The van der Waals surface area contributed by atoms with Gasteiger partial charge in [-0.2, -0.15) is 0 Å². The molecule has 0 aromatic carbocycles. The molecule has 1 aliphatic heterocycles. The lowest BCUT2D eigenvalue weighted by atomic mass is 10.0. The number of amides is 1. The summed E-state index contributed by atoms with van der Waals surface area (Å²) in [6.07, 6.45) is 8.38. The summed E-state index contributed by atoms with van der Waals surface area (Å²) in [7, 11) is 1.57. The molecule has 3 N–H and O–H groups in total. The Morgan fingerprint density at radius 3 is 3.00 bits per heavy atom. The van der Waals surface area contributed by atoms with Crippen molar-refractivity contribution in [3.63, 3.8) is 0 Å². The summed E-state index contributed by atoms with van der Waals surface area (Å²) in [6.45, 7) is 4.32. The number of H-pyrrole nitrogens is 1. The van der Waals surface area contributed by atoms with Gasteiger partial charge >= 0.3 is 0 Å². The molecule has 160 valence electrons. The molecule has 3 heterocycles. The molecule has 2 aromatic heterocycles. The van der Waals surface area contributed by atoms with Gasteiger partial charge in [-0.1, -0.05) is 6.08 Å². The van der Waals surface area contributed by atoms with Crippen LogP contribution in [0.3, 0.4) is 0 Å². The van der Waals surface area contributed by atoms with E-state index in [0.717, 1.165) is 30.5 Å². The molecule has 1 saturated heterocycles. The molecule has 0 bridgehead atoms. The summed E-state index contributed by atoms with van der Waals surface area (Å²) < 4.78 is 5.21. The van der Waals surface area contributed by atoms with Crippen LogP contribution in [0.1, 0.15) is 19.8 Å². The van der Waals surface area contributed by atoms with Crippen LogP contribution < -0.4 is 20.9 Å². The number of pyridine rings is 2. The molecule has 3 rings (SSSR count). The van der Waals surface area contributed by atoms with Crippen molar-refractivity contribution in [2.75, 3.05) is 38.2 Å². The Balaban J connectivity index is 1.88. The van der Waals surface area contributed by atoms with Gasteiger partial charge in [0, 0.05) is 62.3 Å². The number of anilines is 1. The van der Waals surface area contributed by atoms with Gasteiger partial charge in [-0.25, -0.2) is 4.98 Å². The van der Waals surface area contributed by atoms with E-state index in [0.29, 0.717) is 31.2 Å². The number of hydrogen-bond donors (Lipinski definition) is 2. The molecule has 0 aliphatic carbocycles. The summed E-state index contributed by atoms with van der Waals surface area (Å²) in [5, 5.41) is 0. The standard InChI is InChI=1S/C22H29N5O3/c1-3-27(18-6-5-11-26(15-18)21(28)7-4-9-23)19-12-17(14-25-22(19)29)16-8-10-24-20(13-16)30-2/h4,7-8,10,12-14,18H,3,5-6,9,11,15,23H2,1-2H3,(H,25,29). The number of ether oxygens (including phenoxy) is 1. The van der Waals surface area contributed by atoms with Crippen LogP contribution >= 0.6 is 0 Å². The lowest BCUT2D eigenvalue weighted by Crippen LogP contribution is -2.50. The zero-order valence-electron chi connectivity index (χ0n) is 17.5. The Morgan fingerprint density at radius 1 is 1.43 bits per heavy atom. The van der Waals surface area contributed by atoms with E-state index in [4.69, 9.17) is 10.5 Å². The number of methoxy groups -OCH3 is 1. The van der Waals surface area contributed by atoms with Crippen LogP contribution in [-0.4, -0.2) is 60.1 Å². The third-order valence-electron chi connectivity index (χ3n) is 5.36. The fraction of sp³-hybridized carbons (Fsp3) is 0.409. The Hall–Kier alpha value is -3.13. The summed E-state index contributed by atoms with van der Waals surface area (Å²) in [5.74, 6) is 0.479. The minimum absolute atomic E-state index is 0.0345. The summed E-state index contributed by atoms with van der Waals surface area (Å²) in [6, 6.07) is 5.67. The highest BCUT2D eigenvalue weighted by molar-refractivity contribution is 5.87. The maximum atomic E-state index is 12.7. The minimum Gasteiger partial charge on any atom is -0.481 e. The van der Waals surface area contributed by atoms with Crippen LogP contribution in [0.15, 0.2) is 47.5 Å². The van der Waals surface area contributed by atoms with E-state index < -0.39 is 0 Å². The molecule has 0 radical (unpaired) electrons. The second-order valence-corrected chi connectivity index (χ2v) is 7.19. The summed E-state index contributed by atoms with van der Waals surface area (Å²) >= 11 is 0. The van der Waals surface area contributed by atoms with Gasteiger partial charge < -0.3 is 25.3 Å². The first kappa shape index (κ1) is 21.6. The van der Waals surface area contributed by atoms with Gasteiger partial charge in [0.15, 0.2) is 0 Å². The molecule has 2 aromatic rings. The van der Waals surface area contributed by atoms with Gasteiger partial charge in [0.2, 0.25) is 11.8 Å². The smallest absolute Gasteiger partial charge is 0.271 e. The van der Waals surface area contributed by atoms with Crippen LogP contribution in [0.5, 0.6) is 5.88 Å². The predicted octanol–water partition coefficient (Wildman–Crippen LogP) is 1.78. The van der Waals surface area contributed by atoms with Crippen LogP contribution in [0, 0.1) is 0 Å². The van der Waals surface area contributed by atoms with Gasteiger partial charge in [-0.3, -0.25) is 9.59 Å². The van der Waals surface area contributed by atoms with E-state index in [2.05, 4.69) is 14.9 Å². The number of carbonyl (C=O) groups excluding carboxylic acids is 1. The number of hydrogen-bond acceptors (Lipinski definition) is 6. The van der Waals surface area contributed by atoms with Crippen molar-refractivity contribution < 1.29 is 9.53 Å². The third-order valence-corrected chi connectivity index (χ3v) is 5.36. The molecule has 8 nitrogen and oxygen atoms in total. The number of piperidine rings is 1. The average molecular weight is 412 g/mol. The second kappa shape index (κ2) is 10.1. The van der Waals surface area contributed by atoms with E-state index in [1.165, 1.54) is 6.08 Å². The SMILES string of the molecule is CCN(c1cc(-c2ccnc(OC)c2)c[nH]c1=O)C1CCCN(C(=O)C=CCN)C1. The first-order chi connectivity index (χ1) is 14.6. The fourth-order valence-electron chi connectivity index (χ4n) is 3.86. The highest BCUT2D eigenvalue weighted by Crippen LogP contribution is 2.26. The molecule has 1 aliphatic rings. The van der Waals surface area contributed by atoms with Crippen LogP contribution in [0.4, 0.5) is 5.69 Å². The van der Waals surface area contributed by atoms with Crippen molar-refractivity contribution in [3.05, 3.63) is 53.1 Å². The highest BCUT2D eigenvalue weighted by atomic mass is 16.5. The number of aromatic amines is 1. The lowest BCUT2D eigenvalue weighted by Gasteiger charge is -2.39. The molecule has 1 atom stereocenters. The number of nitrogens with zero attached hydrogens (tertiary/aromatic N) is 3. The van der Waals surface area contributed by atoms with Gasteiger partial charge in [0.25, 0.3) is 5.56 Å². The largest absolute Gasteiger partial charge is 0.481 e. The predicted molar refractivity (Wildman–Crippen MR) is 118 cm³/mol. The summed E-state index contributed by atoms with van der Waals surface area (Å²) in [5.41, 5.74) is 7.69. The quantitative estimate of drug-likeness (QED) is 0.673. The maximum Gasteiger partial charge on any atom is 0.271 e. The monoisotopic (exact) mass is 411 g/mol. The first-order valence-corrected chi connectivity index (χ1v) is 10.2. The van der Waals surface area contributed by atoms with Gasteiger partial charge in [-0.15, -0.1) is 0 Å². The molecule has 1 unspecified atom stereocenters. The van der Waals surface area contributed by atoms with Crippen LogP contribution in [0.25, 0.3) is 11.1 Å². The number of likely N-dealkylation sites (tertiary alicyclic amines) is 1. The Labute approximate surface area is 176 Å². The van der Waals surface area contributed by atoms with Gasteiger partial charge in [-0.05, 0) is 37.5 Å². The first-order valence-electron chi connectivity index (χ1n) is 10.2. The van der Waals surface area contributed by atoms with E-state index in [1.807, 2.05) is 30.0 Å². The van der Waals surface area contributed by atoms with Crippen molar-refractivity contribution in [2.24, 2.45) is 5.73 Å². The Kier molecular flexibility index (Phi) is 7.24. The molecule has 1 fully saturated rings. The molecular weight excluding hydrogens is 382 g/mol. The van der Waals surface area contributed by atoms with E-state index in [-0.39, 0.29) is 17.5 Å². The fourth-order valence-corrected chi connectivity index (χ4v) is 3.86. The average Bonchev–Trinajstić information content (AvgIpc) is 2.79. The minimum atomic E-state index is -0.145. The third kappa shape index (κ3) is 4.88. The Morgan fingerprint density at radius 2 is 2.27 bits per heavy atom. The molecule has 0 spiro atoms. The number of nitrogens with two attached hydrogens (primary N) is 1. The van der Waals surface area contributed by atoms with Crippen LogP contribution in [-0.2, 0) is 4.79 Å². The topological polar surface area (TPSA) is 105 Å². The van der Waals surface area contributed by atoms with Gasteiger partial charge in [0.05, 0.1) is 7.11 Å². The van der Waals surface area contributed by atoms with E-state index >= 15 is 0 Å². The van der Waals surface area contributed by atoms with Crippen molar-refractivity contribution in [1.29, 1.82) is 0 Å². The molecule has 1 amide bonds. The second-order valence-electron chi connectivity index (χ2n) is 7.19. The number of rotatable bonds is 7. The zero-order valence-corrected chi connectivity index (χ0v) is 17.5. The van der Waals surface area contributed by atoms with Crippen molar-refractivity contribution in [1.82, 2.24) is 14.9 Å². The number of carbonyl (C=O) groups is 1. The Bertz CT molecular complexity index is 956. The highest BCUT2D eigenvalue weighted by Gasteiger charge is 2.28. The molecule has 30 heavy (non-hydrogen) atoms. The molecule has 0 saturated carbocycles. The normalized spacial score (nSPS) is 16.6. The zero-order chi connectivity index (χ0) is 21.5. The van der Waals surface area contributed by atoms with Crippen molar-refractivity contribution in [3.8, 4) is 17.0 Å². The van der Waals surface area contributed by atoms with E-state index in [1.54, 1.807) is 25.6 Å². The number of likely N-dealkylation sites (N-methyl/N-ethyl adjacent to an activating group) is 1. The van der Waals surface area contributed by atoms with Crippen molar-refractivity contribution >= 4 is 11.6 Å².